The first-order valence-electron chi connectivity index (χ1n) is 9.74. The van der Waals surface area contributed by atoms with Crippen LogP contribution in [0.3, 0.4) is 0 Å². The number of thioether (sulfide) groups is 1. The van der Waals surface area contributed by atoms with Gasteiger partial charge in [0, 0.05) is 16.3 Å². The van der Waals surface area contributed by atoms with E-state index in [9.17, 15) is 9.59 Å². The number of hydrogen-bond acceptors (Lipinski definition) is 4. The van der Waals surface area contributed by atoms with Crippen LogP contribution in [-0.4, -0.2) is 42.1 Å². The van der Waals surface area contributed by atoms with Gasteiger partial charge < -0.3 is 10.6 Å². The molecule has 2 rings (SSSR count). The van der Waals surface area contributed by atoms with Crippen LogP contribution in [-0.2, 0) is 9.59 Å². The predicted octanol–water partition coefficient (Wildman–Crippen LogP) is 4.56. The van der Waals surface area contributed by atoms with Crippen LogP contribution in [0.5, 0.6) is 0 Å². The maximum Gasteiger partial charge on any atom is 0.238 e. The molecule has 0 aromatic heterocycles. The van der Waals surface area contributed by atoms with E-state index in [1.165, 1.54) is 0 Å². The van der Waals surface area contributed by atoms with E-state index >= 15 is 0 Å². The van der Waals surface area contributed by atoms with Crippen molar-refractivity contribution in [3.05, 3.63) is 66.7 Å². The van der Waals surface area contributed by atoms with Gasteiger partial charge in [0.25, 0.3) is 0 Å². The number of benzene rings is 2. The zero-order valence-corrected chi connectivity index (χ0v) is 17.9. The van der Waals surface area contributed by atoms with Crippen LogP contribution in [0.25, 0.3) is 0 Å². The van der Waals surface area contributed by atoms with E-state index in [4.69, 9.17) is 0 Å². The average molecular weight is 412 g/mol. The van der Waals surface area contributed by atoms with Crippen molar-refractivity contribution in [2.24, 2.45) is 0 Å². The summed E-state index contributed by atoms with van der Waals surface area (Å²) < 4.78 is 0. The predicted molar refractivity (Wildman–Crippen MR) is 123 cm³/mol. The fourth-order valence-electron chi connectivity index (χ4n) is 2.87. The molecule has 2 aromatic rings. The Hall–Kier alpha value is -2.57. The van der Waals surface area contributed by atoms with Crippen molar-refractivity contribution >= 4 is 35.0 Å². The molecular weight excluding hydrogens is 382 g/mol. The summed E-state index contributed by atoms with van der Waals surface area (Å²) in [4.78, 5) is 27.9. The highest BCUT2D eigenvalue weighted by Gasteiger charge is 2.15. The van der Waals surface area contributed by atoms with Crippen molar-refractivity contribution in [1.82, 2.24) is 4.90 Å². The number of rotatable bonds is 11. The van der Waals surface area contributed by atoms with Crippen molar-refractivity contribution in [3.8, 4) is 0 Å². The summed E-state index contributed by atoms with van der Waals surface area (Å²) in [7, 11) is 0. The van der Waals surface area contributed by atoms with E-state index in [1.807, 2.05) is 73.4 Å². The maximum absolute atomic E-state index is 12.6. The lowest BCUT2D eigenvalue weighted by atomic mass is 10.2. The van der Waals surface area contributed by atoms with Crippen LogP contribution in [0, 0.1) is 6.92 Å². The summed E-state index contributed by atoms with van der Waals surface area (Å²) in [6.45, 7) is 8.72. The second-order valence-corrected chi connectivity index (χ2v) is 7.78. The van der Waals surface area contributed by atoms with E-state index in [0.29, 0.717) is 6.54 Å². The number of aryl methyl sites for hydroxylation is 1. The normalized spacial score (nSPS) is 10.6. The molecule has 0 atom stereocenters. The minimum Gasteiger partial charge on any atom is -0.325 e. The van der Waals surface area contributed by atoms with Gasteiger partial charge >= 0.3 is 0 Å². The fraction of sp³-hybridized carbons (Fsp3) is 0.304. The molecule has 2 amide bonds. The lowest BCUT2D eigenvalue weighted by molar-refractivity contribution is -0.120. The first-order chi connectivity index (χ1) is 14.0. The topological polar surface area (TPSA) is 61.4 Å². The van der Waals surface area contributed by atoms with Crippen LogP contribution in [0.15, 0.2) is 66.1 Å². The highest BCUT2D eigenvalue weighted by atomic mass is 32.2. The molecular formula is C23H29N3O2S. The number of hydrogen-bond donors (Lipinski definition) is 2. The Morgan fingerprint density at radius 2 is 1.59 bits per heavy atom. The minimum absolute atomic E-state index is 0.123. The smallest absolute Gasteiger partial charge is 0.238 e. The number of nitrogens with one attached hydrogen (secondary N) is 2. The SMILES string of the molecule is C=CCSc1ccccc1NC(=O)CN(CCC)CC(=O)Nc1ccccc1C. The van der Waals surface area contributed by atoms with Gasteiger partial charge in [-0.1, -0.05) is 43.3 Å². The van der Waals surface area contributed by atoms with Gasteiger partial charge in [-0.2, -0.15) is 0 Å². The Morgan fingerprint density at radius 1 is 1.00 bits per heavy atom. The Kier molecular flexibility index (Phi) is 9.47. The Morgan fingerprint density at radius 3 is 2.21 bits per heavy atom. The lowest BCUT2D eigenvalue weighted by Crippen LogP contribution is -2.39. The number of nitrogens with zero attached hydrogens (tertiary/aromatic N) is 1. The molecule has 0 aliphatic rings. The molecule has 0 unspecified atom stereocenters. The number of para-hydroxylation sites is 2. The first kappa shape index (κ1) is 22.7. The zero-order valence-electron chi connectivity index (χ0n) is 17.1. The van der Waals surface area contributed by atoms with Crippen LogP contribution in [0.2, 0.25) is 0 Å². The zero-order chi connectivity index (χ0) is 21.1. The van der Waals surface area contributed by atoms with Gasteiger partial charge in [0.2, 0.25) is 11.8 Å². The highest BCUT2D eigenvalue weighted by Crippen LogP contribution is 2.26. The summed E-state index contributed by atoms with van der Waals surface area (Å²) >= 11 is 1.62. The standard InChI is InChI=1S/C23H29N3O2S/c1-4-14-26(16-22(27)24-19-11-7-6-10-18(19)3)17-23(28)25-20-12-8-9-13-21(20)29-15-5-2/h5-13H,2,4,14-17H2,1,3H3,(H,24,27)(H,25,28). The van der Waals surface area contributed by atoms with Gasteiger partial charge in [0.1, 0.15) is 0 Å². The van der Waals surface area contributed by atoms with Crippen LogP contribution in [0.4, 0.5) is 11.4 Å². The number of carbonyl (C=O) groups excluding carboxylic acids is 2. The van der Waals surface area contributed by atoms with Crippen molar-refractivity contribution in [2.75, 3.05) is 36.0 Å². The molecule has 0 aliphatic heterocycles. The molecule has 29 heavy (non-hydrogen) atoms. The third-order valence-corrected chi connectivity index (χ3v) is 5.28. The van der Waals surface area contributed by atoms with Gasteiger partial charge in [0.15, 0.2) is 0 Å². The van der Waals surface area contributed by atoms with E-state index in [1.54, 1.807) is 11.8 Å². The molecule has 0 saturated heterocycles. The average Bonchev–Trinajstić information content (AvgIpc) is 2.69. The van der Waals surface area contributed by atoms with Crippen molar-refractivity contribution < 1.29 is 9.59 Å². The monoisotopic (exact) mass is 411 g/mol. The molecule has 0 fully saturated rings. The largest absolute Gasteiger partial charge is 0.325 e. The highest BCUT2D eigenvalue weighted by molar-refractivity contribution is 7.99. The maximum atomic E-state index is 12.6. The van der Waals surface area contributed by atoms with E-state index < -0.39 is 0 Å². The summed E-state index contributed by atoms with van der Waals surface area (Å²) in [6, 6.07) is 15.4. The molecule has 0 spiro atoms. The molecule has 0 saturated carbocycles. The van der Waals surface area contributed by atoms with Crippen LogP contribution in [0.1, 0.15) is 18.9 Å². The van der Waals surface area contributed by atoms with Crippen LogP contribution >= 0.6 is 11.8 Å². The summed E-state index contributed by atoms with van der Waals surface area (Å²) in [5.41, 5.74) is 2.59. The van der Waals surface area contributed by atoms with Crippen molar-refractivity contribution in [2.45, 2.75) is 25.2 Å². The Balaban J connectivity index is 1.95. The molecule has 154 valence electrons. The van der Waals surface area contributed by atoms with E-state index in [2.05, 4.69) is 17.2 Å². The van der Waals surface area contributed by atoms with Crippen molar-refractivity contribution in [1.29, 1.82) is 0 Å². The Bertz CT molecular complexity index is 838. The molecule has 0 bridgehead atoms. The summed E-state index contributed by atoms with van der Waals surface area (Å²) in [5, 5.41) is 5.90. The van der Waals surface area contributed by atoms with E-state index in [0.717, 1.165) is 34.0 Å². The molecule has 0 radical (unpaired) electrons. The molecule has 0 heterocycles. The van der Waals surface area contributed by atoms with Gasteiger partial charge in [-0.25, -0.2) is 0 Å². The lowest BCUT2D eigenvalue weighted by Gasteiger charge is -2.21. The molecule has 2 aromatic carbocycles. The third-order valence-electron chi connectivity index (χ3n) is 4.21. The van der Waals surface area contributed by atoms with Gasteiger partial charge in [-0.15, -0.1) is 18.3 Å². The molecule has 6 heteroatoms. The number of carbonyl (C=O) groups is 2. The summed E-state index contributed by atoms with van der Waals surface area (Å²) in [5.74, 6) is 0.518. The van der Waals surface area contributed by atoms with Crippen molar-refractivity contribution in [3.63, 3.8) is 0 Å². The second-order valence-electron chi connectivity index (χ2n) is 6.72. The third kappa shape index (κ3) is 7.75. The van der Waals surface area contributed by atoms with Crippen LogP contribution < -0.4 is 10.6 Å². The second kappa shape index (κ2) is 12.1. The number of anilines is 2. The number of amides is 2. The van der Waals surface area contributed by atoms with E-state index in [-0.39, 0.29) is 24.9 Å². The minimum atomic E-state index is -0.131. The first-order valence-corrected chi connectivity index (χ1v) is 10.7. The van der Waals surface area contributed by atoms with Gasteiger partial charge in [-0.05, 0) is 43.7 Å². The van der Waals surface area contributed by atoms with Gasteiger partial charge in [-0.3, -0.25) is 14.5 Å². The summed E-state index contributed by atoms with van der Waals surface area (Å²) in [6.07, 6.45) is 2.69. The fourth-order valence-corrected chi connectivity index (χ4v) is 3.62. The molecule has 5 nitrogen and oxygen atoms in total. The van der Waals surface area contributed by atoms with Gasteiger partial charge in [0.05, 0.1) is 18.8 Å². The molecule has 0 aliphatic carbocycles. The molecule has 2 N–H and O–H groups in total. The quantitative estimate of drug-likeness (QED) is 0.420. The Labute approximate surface area is 177 Å².